The van der Waals surface area contributed by atoms with Gasteiger partial charge in [-0.3, -0.25) is 9.59 Å². The largest absolute Gasteiger partial charge is 0.340 e. The van der Waals surface area contributed by atoms with Crippen molar-refractivity contribution in [2.45, 2.75) is 87.6 Å². The highest BCUT2D eigenvalue weighted by Crippen LogP contribution is 2.62. The van der Waals surface area contributed by atoms with Crippen molar-refractivity contribution in [3.63, 3.8) is 0 Å². The lowest BCUT2D eigenvalue weighted by molar-refractivity contribution is -0.135. The molecule has 4 unspecified atom stereocenters. The van der Waals surface area contributed by atoms with Crippen molar-refractivity contribution in [1.82, 2.24) is 29.7 Å². The lowest BCUT2D eigenvalue weighted by Crippen LogP contribution is -2.47. The minimum absolute atomic E-state index is 0.0370. The van der Waals surface area contributed by atoms with Crippen molar-refractivity contribution in [1.29, 1.82) is 0 Å². The quantitative estimate of drug-likeness (QED) is 0.118. The number of carbonyl (C=O) groups is 2. The van der Waals surface area contributed by atoms with Gasteiger partial charge in [-0.15, -0.1) is 24.4 Å². The van der Waals surface area contributed by atoms with Crippen LogP contribution in [0.3, 0.4) is 0 Å². The monoisotopic (exact) mass is 754 g/mol. The SMILES string of the molecule is CSC(C(=O)N1CC2(CC2)CC1(S)c1nc2ccc(C#Cc3ccc(-c4cnc(C5CCCN5C(=O)C(C)(SC)C(C)C)[nH]4)cc3)cc2[nH]1)C(C)C. The predicted molar refractivity (Wildman–Crippen MR) is 217 cm³/mol. The van der Waals surface area contributed by atoms with Crippen LogP contribution in [0.25, 0.3) is 22.3 Å². The zero-order valence-corrected chi connectivity index (χ0v) is 33.8. The molecule has 1 spiro atoms. The van der Waals surface area contributed by atoms with E-state index in [1.54, 1.807) is 23.5 Å². The molecule has 2 aromatic heterocycles. The number of carbonyl (C=O) groups excluding carboxylic acids is 2. The van der Waals surface area contributed by atoms with Crippen molar-refractivity contribution < 1.29 is 9.59 Å². The fourth-order valence-corrected chi connectivity index (χ4v) is 10.1. The zero-order valence-electron chi connectivity index (χ0n) is 31.2. The van der Waals surface area contributed by atoms with Crippen LogP contribution in [-0.4, -0.2) is 77.1 Å². The second kappa shape index (κ2) is 14.1. The molecule has 8 nitrogen and oxygen atoms in total. The summed E-state index contributed by atoms with van der Waals surface area (Å²) in [6, 6.07) is 14.1. The highest BCUT2D eigenvalue weighted by atomic mass is 32.2. The molecule has 52 heavy (non-hydrogen) atoms. The summed E-state index contributed by atoms with van der Waals surface area (Å²) in [5, 5.41) is -0.108. The molecule has 0 radical (unpaired) electrons. The summed E-state index contributed by atoms with van der Waals surface area (Å²) in [5.74, 6) is 9.03. The average molecular weight is 755 g/mol. The summed E-state index contributed by atoms with van der Waals surface area (Å²) < 4.78 is -0.458. The van der Waals surface area contributed by atoms with Gasteiger partial charge in [-0.2, -0.15) is 11.8 Å². The Hall–Kier alpha value is -3.33. The van der Waals surface area contributed by atoms with Gasteiger partial charge in [-0.1, -0.05) is 51.7 Å². The van der Waals surface area contributed by atoms with Crippen LogP contribution in [0.1, 0.15) is 95.5 Å². The number of thioether (sulfide) groups is 2. The number of nitrogens with one attached hydrogen (secondary N) is 2. The summed E-state index contributed by atoms with van der Waals surface area (Å²) in [6.07, 6.45) is 10.9. The Bertz CT molecular complexity index is 2040. The molecule has 4 heterocycles. The predicted octanol–water partition coefficient (Wildman–Crippen LogP) is 8.28. The number of imidazole rings is 2. The summed E-state index contributed by atoms with van der Waals surface area (Å²) in [7, 11) is 0. The molecule has 4 aromatic rings. The molecule has 2 amide bonds. The molecule has 0 bridgehead atoms. The van der Waals surface area contributed by atoms with Crippen LogP contribution >= 0.6 is 36.2 Å². The van der Waals surface area contributed by atoms with Gasteiger partial charge in [-0.25, -0.2) is 9.97 Å². The normalized spacial score (nSPS) is 22.6. The number of aromatic nitrogens is 4. The Labute approximate surface area is 321 Å². The van der Waals surface area contributed by atoms with Crippen molar-refractivity contribution in [3.8, 4) is 23.1 Å². The maximum atomic E-state index is 13.8. The molecule has 3 aliphatic rings. The number of rotatable bonds is 9. The van der Waals surface area contributed by atoms with Crippen LogP contribution in [-0.2, 0) is 14.5 Å². The first kappa shape index (κ1) is 37.0. The van der Waals surface area contributed by atoms with E-state index in [1.165, 1.54) is 0 Å². The van der Waals surface area contributed by atoms with E-state index in [1.807, 2.05) is 58.8 Å². The highest BCUT2D eigenvalue weighted by Gasteiger charge is 2.61. The van der Waals surface area contributed by atoms with Crippen molar-refractivity contribution >= 4 is 59.0 Å². The van der Waals surface area contributed by atoms with Gasteiger partial charge in [0.15, 0.2) is 0 Å². The number of aromatic amines is 2. The van der Waals surface area contributed by atoms with Crippen LogP contribution in [0.4, 0.5) is 0 Å². The van der Waals surface area contributed by atoms with E-state index >= 15 is 0 Å². The molecule has 1 saturated carbocycles. The molecular formula is C41H50N6O2S3. The number of amides is 2. The first-order valence-electron chi connectivity index (χ1n) is 18.4. The highest BCUT2D eigenvalue weighted by molar-refractivity contribution is 8.00. The summed E-state index contributed by atoms with van der Waals surface area (Å²) in [4.78, 5) is 47.5. The number of nitrogens with zero attached hydrogens (tertiary/aromatic N) is 4. The number of thiol groups is 1. The first-order chi connectivity index (χ1) is 24.8. The van der Waals surface area contributed by atoms with Crippen molar-refractivity contribution in [2.75, 3.05) is 25.6 Å². The molecule has 2 N–H and O–H groups in total. The number of H-pyrrole nitrogens is 2. The number of fused-ring (bicyclic) bond motifs is 1. The van der Waals surface area contributed by atoms with Gasteiger partial charge in [0.1, 0.15) is 16.5 Å². The zero-order chi connectivity index (χ0) is 37.0. The van der Waals surface area contributed by atoms with E-state index < -0.39 is 9.62 Å². The smallest absolute Gasteiger partial charge is 0.239 e. The van der Waals surface area contributed by atoms with Gasteiger partial charge in [-0.05, 0) is 105 Å². The standard InChI is InChI=1S/C41H50N6O2S3/c1-25(2)34(51-6)36(48)47-24-40(18-19-40)23-41(47,50)37-44-30-17-14-28(21-31(30)45-37)11-10-27-12-15-29(16-13-27)32-22-42-35(43-32)33-9-8-20-46(33)38(49)39(5,52-7)26(3)4/h12-17,21-22,25-26,33-34,50H,8-9,18-20,23-24H2,1-7H3,(H,42,43)(H,44,45). The minimum atomic E-state index is -0.768. The first-order valence-corrected chi connectivity index (χ1v) is 21.4. The van der Waals surface area contributed by atoms with Crippen LogP contribution in [0, 0.1) is 29.1 Å². The van der Waals surface area contributed by atoms with Gasteiger partial charge in [0, 0.05) is 24.2 Å². The molecule has 2 saturated heterocycles. The lowest BCUT2D eigenvalue weighted by Gasteiger charge is -2.36. The van der Waals surface area contributed by atoms with E-state index in [4.69, 9.17) is 22.6 Å². The molecule has 2 aliphatic heterocycles. The maximum absolute atomic E-state index is 13.8. The molecule has 1 aliphatic carbocycles. The van der Waals surface area contributed by atoms with Gasteiger partial charge in [0.05, 0.1) is 39.0 Å². The maximum Gasteiger partial charge on any atom is 0.239 e. The second-order valence-electron chi connectivity index (χ2n) is 15.8. The van der Waals surface area contributed by atoms with Gasteiger partial charge < -0.3 is 19.8 Å². The minimum Gasteiger partial charge on any atom is -0.340 e. The van der Waals surface area contributed by atoms with E-state index in [0.29, 0.717) is 0 Å². The summed E-state index contributed by atoms with van der Waals surface area (Å²) >= 11 is 8.48. The molecule has 274 valence electrons. The summed E-state index contributed by atoms with van der Waals surface area (Å²) in [5.41, 5.74) is 5.62. The Morgan fingerprint density at radius 2 is 1.75 bits per heavy atom. The Morgan fingerprint density at radius 1 is 1.04 bits per heavy atom. The Morgan fingerprint density at radius 3 is 2.40 bits per heavy atom. The molecule has 3 fully saturated rings. The third-order valence-corrected chi connectivity index (χ3v) is 15.0. The Kier molecular flexibility index (Phi) is 10.1. The fourth-order valence-electron chi connectivity index (χ4n) is 7.89. The van der Waals surface area contributed by atoms with E-state index in [9.17, 15) is 9.59 Å². The number of hydrogen-bond donors (Lipinski definition) is 3. The lowest BCUT2D eigenvalue weighted by atomic mass is 9.95. The molecule has 4 atom stereocenters. The number of benzene rings is 2. The third-order valence-electron chi connectivity index (χ3n) is 11.7. The molecule has 7 rings (SSSR count). The van der Waals surface area contributed by atoms with Crippen LogP contribution in [0.5, 0.6) is 0 Å². The van der Waals surface area contributed by atoms with E-state index in [0.717, 1.165) is 90.3 Å². The molecular weight excluding hydrogens is 705 g/mol. The van der Waals surface area contributed by atoms with Gasteiger partial charge in [0.25, 0.3) is 0 Å². The number of likely N-dealkylation sites (tertiary alicyclic amines) is 2. The van der Waals surface area contributed by atoms with Gasteiger partial charge in [0.2, 0.25) is 11.8 Å². The topological polar surface area (TPSA) is 98.0 Å². The van der Waals surface area contributed by atoms with Crippen LogP contribution in [0.15, 0.2) is 48.7 Å². The average Bonchev–Trinajstić information content (AvgIpc) is 3.60. The van der Waals surface area contributed by atoms with E-state index in [-0.39, 0.29) is 40.4 Å². The number of hydrogen-bond acceptors (Lipinski definition) is 7. The van der Waals surface area contributed by atoms with Crippen LogP contribution in [0.2, 0.25) is 0 Å². The second-order valence-corrected chi connectivity index (χ2v) is 18.7. The van der Waals surface area contributed by atoms with Crippen LogP contribution < -0.4 is 0 Å². The third kappa shape index (κ3) is 6.68. The molecule has 11 heteroatoms. The van der Waals surface area contributed by atoms with E-state index in [2.05, 4.69) is 68.6 Å². The van der Waals surface area contributed by atoms with Crippen molar-refractivity contribution in [2.24, 2.45) is 17.3 Å². The summed E-state index contributed by atoms with van der Waals surface area (Å²) in [6.45, 7) is 12.0. The molecule has 2 aromatic carbocycles. The van der Waals surface area contributed by atoms with Gasteiger partial charge >= 0.3 is 0 Å². The Balaban J connectivity index is 1.06. The van der Waals surface area contributed by atoms with Crippen molar-refractivity contribution in [3.05, 3.63) is 71.4 Å². The fraction of sp³-hybridized carbons (Fsp3) is 0.512.